The highest BCUT2D eigenvalue weighted by Gasteiger charge is 2.16. The zero-order chi connectivity index (χ0) is 19.4. The Hall–Kier alpha value is -2.38. The molecule has 27 heavy (non-hydrogen) atoms. The average Bonchev–Trinajstić information content (AvgIpc) is 3.01. The fourth-order valence-electron chi connectivity index (χ4n) is 2.59. The largest absolute Gasteiger partial charge is 0.349 e. The minimum Gasteiger partial charge on any atom is -0.349 e. The van der Waals surface area contributed by atoms with Crippen LogP contribution in [0, 0.1) is 5.82 Å². The first-order valence-corrected chi connectivity index (χ1v) is 9.64. The summed E-state index contributed by atoms with van der Waals surface area (Å²) in [5.41, 5.74) is 1.31. The molecule has 0 aliphatic carbocycles. The molecule has 0 bridgehead atoms. The highest BCUT2D eigenvalue weighted by atomic mass is 35.5. The molecule has 0 fully saturated rings. The van der Waals surface area contributed by atoms with Crippen LogP contribution in [0.25, 0.3) is 11.4 Å². The Bertz CT molecular complexity index is 962. The normalized spacial score (nSPS) is 12.0. The lowest BCUT2D eigenvalue weighted by atomic mass is 10.1. The molecule has 1 atom stereocenters. The smallest absolute Gasteiger partial charge is 0.230 e. The highest BCUT2D eigenvalue weighted by molar-refractivity contribution is 7.99. The third kappa shape index (κ3) is 4.67. The first-order valence-electron chi connectivity index (χ1n) is 8.27. The number of nitrogens with one attached hydrogen (secondary N) is 1. The number of carbonyl (C=O) groups excluding carboxylic acids is 1. The lowest BCUT2D eigenvalue weighted by Crippen LogP contribution is -2.28. The standard InChI is InChI=1S/C19H18ClFN4OS/c1-12(13-6-5-7-14(20)10-13)22-17(26)11-27-19-24-23-18(25(19)2)15-8-3-4-9-16(15)21/h3-10,12H,11H2,1-2H3,(H,22,26)/t12-/m1/s1. The molecule has 0 unspecified atom stereocenters. The second-order valence-electron chi connectivity index (χ2n) is 5.98. The van der Waals surface area contributed by atoms with Crippen LogP contribution in [0.5, 0.6) is 0 Å². The predicted octanol–water partition coefficient (Wildman–Crippen LogP) is 4.24. The summed E-state index contributed by atoms with van der Waals surface area (Å²) in [6.07, 6.45) is 0. The zero-order valence-electron chi connectivity index (χ0n) is 14.8. The first kappa shape index (κ1) is 19.4. The van der Waals surface area contributed by atoms with Crippen molar-refractivity contribution in [2.75, 3.05) is 5.75 Å². The van der Waals surface area contributed by atoms with E-state index >= 15 is 0 Å². The Labute approximate surface area is 166 Å². The molecule has 3 rings (SSSR count). The van der Waals surface area contributed by atoms with E-state index in [1.807, 2.05) is 25.1 Å². The molecule has 0 saturated carbocycles. The fraction of sp³-hybridized carbons (Fsp3) is 0.211. The van der Waals surface area contributed by atoms with E-state index in [2.05, 4.69) is 15.5 Å². The summed E-state index contributed by atoms with van der Waals surface area (Å²) in [4.78, 5) is 12.2. The maximum atomic E-state index is 14.0. The van der Waals surface area contributed by atoms with Crippen LogP contribution in [0.2, 0.25) is 5.02 Å². The van der Waals surface area contributed by atoms with Crippen LogP contribution in [-0.2, 0) is 11.8 Å². The van der Waals surface area contributed by atoms with Gasteiger partial charge in [0.15, 0.2) is 11.0 Å². The number of hydrogen-bond acceptors (Lipinski definition) is 4. The zero-order valence-corrected chi connectivity index (χ0v) is 16.4. The maximum Gasteiger partial charge on any atom is 0.230 e. The van der Waals surface area contributed by atoms with Crippen molar-refractivity contribution in [2.45, 2.75) is 18.1 Å². The van der Waals surface area contributed by atoms with Gasteiger partial charge in [-0.2, -0.15) is 0 Å². The van der Waals surface area contributed by atoms with E-state index in [0.717, 1.165) is 5.56 Å². The molecule has 3 aromatic rings. The van der Waals surface area contributed by atoms with Crippen LogP contribution in [0.3, 0.4) is 0 Å². The Kier molecular flexibility index (Phi) is 6.13. The molecule has 0 spiro atoms. The van der Waals surface area contributed by atoms with Gasteiger partial charge in [0.2, 0.25) is 5.91 Å². The van der Waals surface area contributed by atoms with Crippen molar-refractivity contribution in [3.63, 3.8) is 0 Å². The van der Waals surface area contributed by atoms with E-state index < -0.39 is 0 Å². The first-order chi connectivity index (χ1) is 13.0. The van der Waals surface area contributed by atoms with Crippen LogP contribution in [0.1, 0.15) is 18.5 Å². The number of nitrogens with zero attached hydrogens (tertiary/aromatic N) is 3. The summed E-state index contributed by atoms with van der Waals surface area (Å²) in [5.74, 6) is 0.0950. The van der Waals surface area contributed by atoms with Crippen molar-refractivity contribution < 1.29 is 9.18 Å². The van der Waals surface area contributed by atoms with Crippen LogP contribution >= 0.6 is 23.4 Å². The van der Waals surface area contributed by atoms with E-state index in [4.69, 9.17) is 11.6 Å². The van der Waals surface area contributed by atoms with Gasteiger partial charge in [0.25, 0.3) is 0 Å². The van der Waals surface area contributed by atoms with Gasteiger partial charge in [-0.05, 0) is 36.8 Å². The molecule has 0 aliphatic heterocycles. The molecule has 8 heteroatoms. The number of amides is 1. The van der Waals surface area contributed by atoms with Gasteiger partial charge in [-0.25, -0.2) is 4.39 Å². The quantitative estimate of drug-likeness (QED) is 0.624. The van der Waals surface area contributed by atoms with Gasteiger partial charge in [0.1, 0.15) is 5.82 Å². The number of aromatic nitrogens is 3. The van der Waals surface area contributed by atoms with Gasteiger partial charge in [0, 0.05) is 12.1 Å². The van der Waals surface area contributed by atoms with Crippen molar-refractivity contribution in [3.05, 3.63) is 64.9 Å². The third-order valence-electron chi connectivity index (χ3n) is 4.01. The van der Waals surface area contributed by atoms with Crippen LogP contribution < -0.4 is 5.32 Å². The van der Waals surface area contributed by atoms with Crippen molar-refractivity contribution in [3.8, 4) is 11.4 Å². The summed E-state index contributed by atoms with van der Waals surface area (Å²) in [7, 11) is 1.75. The molecule has 1 amide bonds. The van der Waals surface area contributed by atoms with E-state index in [1.165, 1.54) is 17.8 Å². The van der Waals surface area contributed by atoms with Crippen LogP contribution in [0.15, 0.2) is 53.7 Å². The molecule has 140 valence electrons. The molecule has 2 aromatic carbocycles. The van der Waals surface area contributed by atoms with Crippen LogP contribution in [-0.4, -0.2) is 26.4 Å². The minimum absolute atomic E-state index is 0.136. The summed E-state index contributed by atoms with van der Waals surface area (Å²) in [6.45, 7) is 1.90. The number of carbonyl (C=O) groups is 1. The van der Waals surface area contributed by atoms with E-state index in [0.29, 0.717) is 21.6 Å². The number of thioether (sulfide) groups is 1. The second-order valence-corrected chi connectivity index (χ2v) is 7.36. The summed E-state index contributed by atoms with van der Waals surface area (Å²) >= 11 is 7.23. The lowest BCUT2D eigenvalue weighted by Gasteiger charge is -2.14. The maximum absolute atomic E-state index is 14.0. The van der Waals surface area contributed by atoms with Crippen molar-refractivity contribution in [1.29, 1.82) is 0 Å². The topological polar surface area (TPSA) is 59.8 Å². The average molecular weight is 405 g/mol. The van der Waals surface area contributed by atoms with Gasteiger partial charge in [0.05, 0.1) is 17.4 Å². The van der Waals surface area contributed by atoms with Gasteiger partial charge in [-0.15, -0.1) is 10.2 Å². The van der Waals surface area contributed by atoms with Gasteiger partial charge < -0.3 is 9.88 Å². The Morgan fingerprint density at radius 3 is 2.78 bits per heavy atom. The molecule has 1 N–H and O–H groups in total. The van der Waals surface area contributed by atoms with E-state index in [9.17, 15) is 9.18 Å². The van der Waals surface area contributed by atoms with Gasteiger partial charge in [-0.1, -0.05) is 47.6 Å². The van der Waals surface area contributed by atoms with Crippen LogP contribution in [0.4, 0.5) is 4.39 Å². The molecule has 0 saturated heterocycles. The van der Waals surface area contributed by atoms with Gasteiger partial charge in [-0.3, -0.25) is 4.79 Å². The Morgan fingerprint density at radius 2 is 2.04 bits per heavy atom. The SMILES string of the molecule is C[C@@H](NC(=O)CSc1nnc(-c2ccccc2F)n1C)c1cccc(Cl)c1. The summed E-state index contributed by atoms with van der Waals surface area (Å²) < 4.78 is 15.6. The van der Waals surface area contributed by atoms with Crippen molar-refractivity contribution in [1.82, 2.24) is 20.1 Å². The number of halogens is 2. The van der Waals surface area contributed by atoms with Gasteiger partial charge >= 0.3 is 0 Å². The number of hydrogen-bond donors (Lipinski definition) is 1. The minimum atomic E-state index is -0.363. The molecular weight excluding hydrogens is 387 g/mol. The molecule has 5 nitrogen and oxygen atoms in total. The Morgan fingerprint density at radius 1 is 1.26 bits per heavy atom. The van der Waals surface area contributed by atoms with Crippen molar-refractivity contribution >= 4 is 29.3 Å². The Balaban J connectivity index is 1.62. The van der Waals surface area contributed by atoms with E-state index in [-0.39, 0.29) is 23.5 Å². The molecule has 1 aromatic heterocycles. The molecule has 0 radical (unpaired) electrons. The summed E-state index contributed by atoms with van der Waals surface area (Å²) in [6, 6.07) is 13.6. The fourth-order valence-corrected chi connectivity index (χ4v) is 3.51. The summed E-state index contributed by atoms with van der Waals surface area (Å²) in [5, 5.41) is 12.2. The van der Waals surface area contributed by atoms with Crippen molar-refractivity contribution in [2.24, 2.45) is 7.05 Å². The lowest BCUT2D eigenvalue weighted by molar-refractivity contribution is -0.119. The number of benzene rings is 2. The third-order valence-corrected chi connectivity index (χ3v) is 5.26. The molecule has 1 heterocycles. The molecular formula is C19H18ClFN4OS. The predicted molar refractivity (Wildman–Crippen MR) is 105 cm³/mol. The molecule has 0 aliphatic rings. The number of rotatable bonds is 6. The second kappa shape index (κ2) is 8.54. The monoisotopic (exact) mass is 404 g/mol. The van der Waals surface area contributed by atoms with E-state index in [1.54, 1.807) is 35.9 Å². The highest BCUT2D eigenvalue weighted by Crippen LogP contribution is 2.24.